The minimum absolute atomic E-state index is 0.0584. The van der Waals surface area contributed by atoms with Crippen molar-refractivity contribution in [2.45, 2.75) is 6.67 Å². The molecule has 0 aromatic carbocycles. The molecule has 1 aromatic heterocycles. The molecule has 1 rings (SSSR count). The number of aromatic nitrogens is 2. The molecule has 9 heavy (non-hydrogen) atoms. The topological polar surface area (TPSA) is 25.8 Å². The van der Waals surface area contributed by atoms with Crippen molar-refractivity contribution in [3.05, 3.63) is 22.6 Å². The molecular weight excluding hydrogens is 187 g/mol. The van der Waals surface area contributed by atoms with E-state index in [1.54, 1.807) is 0 Å². The second-order valence-electron chi connectivity index (χ2n) is 1.31. The van der Waals surface area contributed by atoms with Gasteiger partial charge in [0, 0.05) is 6.17 Å². The maximum Gasteiger partial charge on any atom is 0.196 e. The Morgan fingerprint density at radius 1 is 1.89 bits per heavy atom. The molecule has 48 valence electrons. The molecule has 1 aromatic rings. The Bertz CT molecular complexity index is 281. The van der Waals surface area contributed by atoms with Gasteiger partial charge in [0.2, 0.25) is 0 Å². The quantitative estimate of drug-likeness (QED) is 0.634. The van der Waals surface area contributed by atoms with Crippen LogP contribution in [0.2, 0.25) is 0 Å². The second kappa shape index (κ2) is 2.87. The molecule has 0 aliphatic rings. The Morgan fingerprint density at radius 3 is 3.33 bits per heavy atom. The highest BCUT2D eigenvalue weighted by molar-refractivity contribution is 9.10. The van der Waals surface area contributed by atoms with E-state index in [1.807, 2.05) is 0 Å². The van der Waals surface area contributed by atoms with Gasteiger partial charge in [0.1, 0.15) is 6.67 Å². The Labute approximate surface area is 63.1 Å². The van der Waals surface area contributed by atoms with Gasteiger partial charge in [-0.2, -0.15) is 0 Å². The third-order valence-corrected chi connectivity index (χ3v) is 1.06. The molecule has 0 bridgehead atoms. The highest BCUT2D eigenvalue weighted by atomic mass is 79.9. The van der Waals surface area contributed by atoms with E-state index in [0.29, 0.717) is 0 Å². The summed E-state index contributed by atoms with van der Waals surface area (Å²) in [6.45, 7) is -0.841. The lowest BCUT2D eigenvalue weighted by molar-refractivity contribution is 0.474. The minimum atomic E-state index is -0.841. The first kappa shape index (κ1) is 4.33. The number of hydrogen-bond donors (Lipinski definition) is 0. The van der Waals surface area contributed by atoms with Crippen LogP contribution in [0.3, 0.4) is 0 Å². The van der Waals surface area contributed by atoms with Crippen molar-refractivity contribution < 1.29 is 7.13 Å². The van der Waals surface area contributed by atoms with Gasteiger partial charge in [-0.15, -0.1) is 0 Å². The molecule has 0 unspecified atom stereocenters. The molecule has 4 heteroatoms. The first-order valence-corrected chi connectivity index (χ1v) is 3.00. The van der Waals surface area contributed by atoms with Crippen molar-refractivity contribution in [3.63, 3.8) is 0 Å². The van der Waals surface area contributed by atoms with Gasteiger partial charge in [-0.1, -0.05) is 0 Å². The lowest BCUT2D eigenvalue weighted by Crippen LogP contribution is -1.87. The summed E-state index contributed by atoms with van der Waals surface area (Å²) < 4.78 is 26.4. The first-order valence-electron chi connectivity index (χ1n) is 3.20. The summed E-state index contributed by atoms with van der Waals surface area (Å²) in [6, 6.07) is -0.254. The van der Waals surface area contributed by atoms with Crippen LogP contribution < -0.4 is 0 Å². The first-order chi connectivity index (χ1) is 5.15. The number of rotatable bonds is 1. The summed E-state index contributed by atoms with van der Waals surface area (Å²) in [4.78, 5) is 7.07. The van der Waals surface area contributed by atoms with E-state index in [2.05, 4.69) is 25.9 Å². The van der Waals surface area contributed by atoms with E-state index in [0.717, 1.165) is 0 Å². The van der Waals surface area contributed by atoms with E-state index in [1.165, 1.54) is 0 Å². The third kappa shape index (κ3) is 1.71. The zero-order chi connectivity index (χ0) is 8.43. The third-order valence-electron chi connectivity index (χ3n) is 0.702. The normalized spacial score (nSPS) is 12.7. The second-order valence-corrected chi connectivity index (χ2v) is 2.02. The van der Waals surface area contributed by atoms with Gasteiger partial charge in [-0.05, 0) is 22.0 Å². The lowest BCUT2D eigenvalue weighted by atomic mass is 10.4. The predicted octanol–water partition coefficient (Wildman–Crippen LogP) is 1.71. The van der Waals surface area contributed by atoms with Crippen molar-refractivity contribution in [2.24, 2.45) is 0 Å². The van der Waals surface area contributed by atoms with Gasteiger partial charge in [-0.3, -0.25) is 0 Å². The van der Waals surface area contributed by atoms with Crippen molar-refractivity contribution in [1.82, 2.24) is 9.97 Å². The van der Waals surface area contributed by atoms with Gasteiger partial charge in [0.15, 0.2) is 4.73 Å². The SMILES string of the molecule is [2H]c1nc(Br)nc(CF)c1[2H]. The van der Waals surface area contributed by atoms with E-state index < -0.39 is 6.67 Å². The molecule has 0 aliphatic heterocycles. The molecule has 0 amide bonds. The van der Waals surface area contributed by atoms with Gasteiger partial charge in [-0.25, -0.2) is 14.4 Å². The van der Waals surface area contributed by atoms with Crippen LogP contribution in [0.5, 0.6) is 0 Å². The molecule has 0 saturated carbocycles. The van der Waals surface area contributed by atoms with Crippen LogP contribution in [0.1, 0.15) is 8.44 Å². The molecule has 0 atom stereocenters. The van der Waals surface area contributed by atoms with E-state index in [-0.39, 0.29) is 22.6 Å². The summed E-state index contributed by atoms with van der Waals surface area (Å²) in [6.07, 6.45) is -0.264. The van der Waals surface area contributed by atoms with E-state index in [4.69, 9.17) is 2.74 Å². The monoisotopic (exact) mass is 192 g/mol. The fourth-order valence-corrected chi connectivity index (χ4v) is 0.669. The smallest absolute Gasteiger partial charge is 0.196 e. The summed E-state index contributed by atoms with van der Waals surface area (Å²) >= 11 is 2.90. The highest BCUT2D eigenvalue weighted by Crippen LogP contribution is 2.02. The molecule has 0 N–H and O–H groups in total. The lowest BCUT2D eigenvalue weighted by Gasteiger charge is -1.90. The van der Waals surface area contributed by atoms with Crippen molar-refractivity contribution in [1.29, 1.82) is 0 Å². The molecule has 2 nitrogen and oxygen atoms in total. The number of halogens is 2. The predicted molar refractivity (Wildman–Crippen MR) is 34.5 cm³/mol. The standard InChI is InChI=1S/C5H4BrFN2/c6-5-8-2-1-4(3-7)9-5/h1-2H,3H2/i1D,2D. The van der Waals surface area contributed by atoms with Crippen LogP contribution in [0.25, 0.3) is 0 Å². The number of alkyl halides is 1. The molecule has 0 spiro atoms. The Kier molecular flexibility index (Phi) is 1.38. The van der Waals surface area contributed by atoms with Gasteiger partial charge < -0.3 is 0 Å². The van der Waals surface area contributed by atoms with Crippen LogP contribution in [-0.2, 0) is 6.67 Å². The number of hydrogen-bond acceptors (Lipinski definition) is 2. The van der Waals surface area contributed by atoms with Gasteiger partial charge in [0.25, 0.3) is 0 Å². The van der Waals surface area contributed by atoms with Crippen LogP contribution in [0, 0.1) is 0 Å². The summed E-state index contributed by atoms with van der Waals surface area (Å²) in [5, 5.41) is 0. The molecule has 0 saturated heterocycles. The molecule has 0 radical (unpaired) electrons. The van der Waals surface area contributed by atoms with Crippen molar-refractivity contribution >= 4 is 15.9 Å². The summed E-state index contributed by atoms with van der Waals surface area (Å²) in [5.41, 5.74) is -0.0584. The van der Waals surface area contributed by atoms with Crippen molar-refractivity contribution in [2.75, 3.05) is 0 Å². The Hall–Kier alpha value is -0.510. The van der Waals surface area contributed by atoms with Crippen molar-refractivity contribution in [3.8, 4) is 0 Å². The average Bonchev–Trinajstić information content (AvgIpc) is 1.96. The van der Waals surface area contributed by atoms with Crippen LogP contribution in [0.4, 0.5) is 4.39 Å². The molecule has 1 heterocycles. The van der Waals surface area contributed by atoms with Gasteiger partial charge >= 0.3 is 0 Å². The van der Waals surface area contributed by atoms with E-state index >= 15 is 0 Å². The maximum atomic E-state index is 12.0. The minimum Gasteiger partial charge on any atom is -0.244 e. The van der Waals surface area contributed by atoms with Crippen LogP contribution >= 0.6 is 15.9 Å². The fraction of sp³-hybridized carbons (Fsp3) is 0.200. The highest BCUT2D eigenvalue weighted by Gasteiger charge is 1.92. The largest absolute Gasteiger partial charge is 0.244 e. The summed E-state index contributed by atoms with van der Waals surface area (Å²) in [7, 11) is 0. The van der Waals surface area contributed by atoms with E-state index in [9.17, 15) is 4.39 Å². The van der Waals surface area contributed by atoms with Crippen LogP contribution in [-0.4, -0.2) is 9.97 Å². The number of nitrogens with zero attached hydrogens (tertiary/aromatic N) is 2. The van der Waals surface area contributed by atoms with Crippen LogP contribution in [0.15, 0.2) is 16.9 Å². The molecule has 0 aliphatic carbocycles. The fourth-order valence-electron chi connectivity index (χ4n) is 0.366. The van der Waals surface area contributed by atoms with Gasteiger partial charge in [0.05, 0.1) is 8.44 Å². The zero-order valence-corrected chi connectivity index (χ0v) is 5.94. The Morgan fingerprint density at radius 2 is 2.67 bits per heavy atom. The molecule has 0 fully saturated rings. The Balaban J connectivity index is 3.24. The summed E-state index contributed by atoms with van der Waals surface area (Å²) in [5.74, 6) is 0. The zero-order valence-electron chi connectivity index (χ0n) is 6.36. The molecular formula is C5H4BrFN2. The average molecular weight is 193 g/mol. The maximum absolute atomic E-state index is 12.0.